The first kappa shape index (κ1) is 34.3. The minimum Gasteiger partial charge on any atom is -0.481 e. The molecule has 15 atom stereocenters. The summed E-state index contributed by atoms with van der Waals surface area (Å²) in [6, 6.07) is 0. The van der Waals surface area contributed by atoms with Crippen LogP contribution >= 0.6 is 0 Å². The number of carboxylic acids is 2. The van der Waals surface area contributed by atoms with E-state index < -0.39 is 70.9 Å². The predicted molar refractivity (Wildman–Crippen MR) is 167 cm³/mol. The van der Waals surface area contributed by atoms with Gasteiger partial charge in [-0.3, -0.25) is 9.59 Å². The quantitative estimate of drug-likeness (QED) is 0.189. The lowest BCUT2D eigenvalue weighted by Crippen LogP contribution is -2.68. The molecule has 260 valence electrons. The molecule has 0 aromatic carbocycles. The van der Waals surface area contributed by atoms with Crippen LogP contribution in [0.2, 0.25) is 0 Å². The molecule has 0 aromatic heterocycles. The number of carboxylic acid groups (broad SMARTS) is 2. The topological polar surface area (TPSA) is 174 Å². The van der Waals surface area contributed by atoms with Crippen LogP contribution in [0.5, 0.6) is 0 Å². The third-order valence-corrected chi connectivity index (χ3v) is 15.3. The monoisotopic (exact) mass is 648 g/mol. The van der Waals surface area contributed by atoms with E-state index in [1.165, 1.54) is 0 Å². The Hall–Kier alpha value is -1.56. The van der Waals surface area contributed by atoms with Gasteiger partial charge in [-0.2, -0.15) is 0 Å². The first-order valence-electron chi connectivity index (χ1n) is 17.6. The van der Waals surface area contributed by atoms with E-state index >= 15 is 0 Å². The molecule has 0 spiro atoms. The minimum atomic E-state index is -1.51. The first-order chi connectivity index (χ1) is 21.4. The lowest BCUT2D eigenvalue weighted by Gasteiger charge is -2.70. The van der Waals surface area contributed by atoms with Crippen LogP contribution in [0.3, 0.4) is 0 Å². The molecule has 6 N–H and O–H groups in total. The highest BCUT2D eigenvalue weighted by Gasteiger charge is 2.73. The zero-order chi connectivity index (χ0) is 33.8. The van der Waals surface area contributed by atoms with Gasteiger partial charge in [0.2, 0.25) is 0 Å². The van der Waals surface area contributed by atoms with Crippen LogP contribution in [-0.4, -0.2) is 86.0 Å². The Morgan fingerprint density at radius 3 is 2.20 bits per heavy atom. The molecule has 0 radical (unpaired) electrons. The molecule has 1 unspecified atom stereocenters. The number of hydrogen-bond acceptors (Lipinski definition) is 8. The molecule has 1 heterocycles. The molecule has 0 bridgehead atoms. The number of carbonyl (C=O) groups is 2. The van der Waals surface area contributed by atoms with Gasteiger partial charge in [0.25, 0.3) is 0 Å². The smallest absolute Gasteiger partial charge is 0.314 e. The van der Waals surface area contributed by atoms with Crippen molar-refractivity contribution in [2.24, 2.45) is 56.7 Å². The van der Waals surface area contributed by atoms with Gasteiger partial charge in [0, 0.05) is 0 Å². The Labute approximate surface area is 272 Å². The van der Waals surface area contributed by atoms with Gasteiger partial charge in [0.1, 0.15) is 24.4 Å². The molecule has 0 amide bonds. The van der Waals surface area contributed by atoms with Crippen molar-refractivity contribution < 1.29 is 49.7 Å². The average Bonchev–Trinajstić information content (AvgIpc) is 2.99. The van der Waals surface area contributed by atoms with E-state index in [4.69, 9.17) is 9.47 Å². The highest BCUT2D eigenvalue weighted by Crippen LogP contribution is 2.76. The summed E-state index contributed by atoms with van der Waals surface area (Å²) in [4.78, 5) is 26.8. The minimum absolute atomic E-state index is 0.0692. The maximum Gasteiger partial charge on any atom is 0.314 e. The van der Waals surface area contributed by atoms with Gasteiger partial charge in [-0.25, -0.2) is 0 Å². The lowest BCUT2D eigenvalue weighted by molar-refractivity contribution is -0.330. The molecule has 6 rings (SSSR count). The van der Waals surface area contributed by atoms with Crippen LogP contribution in [-0.2, 0) is 19.1 Å². The summed E-state index contributed by atoms with van der Waals surface area (Å²) in [7, 11) is 0. The van der Waals surface area contributed by atoms with Crippen molar-refractivity contribution in [1.29, 1.82) is 0 Å². The Kier molecular flexibility index (Phi) is 8.38. The standard InChI is InChI=1S/C36H56O10/c1-18-9-14-35(30(41)42)15-16-36(31(43)44)20(25(35)19(18)2)7-8-23-33(5)12-11-24(32(3,4)22(33)10-13-34(23,36)6)46-29-28(40)27(39)26(38)21(17-37)45-29/h7,18-19,21-29,37-40H,8-17H2,1-6H3,(H,41,42)(H,43,44)/t18-,19+,21-,22?,23-,24+,25+,26-,27+,28-,29+,33+,34-,35+,36-/m1/s1. The van der Waals surface area contributed by atoms with Gasteiger partial charge >= 0.3 is 11.9 Å². The number of rotatable bonds is 5. The SMILES string of the molecule is C[C@H]1[C@H](C)CC[C@]2(C(=O)O)CC[C@]3(C(=O)O)C(=CC[C@@H]4[C@@]5(C)CC[C@H](O[C@@H]6O[C@H](CO)[C@@H](O)[C@H](O)[C@H]6O)C(C)(C)C5CC[C@]43C)[C@H]12. The summed E-state index contributed by atoms with van der Waals surface area (Å²) in [5.41, 5.74) is -2.32. The van der Waals surface area contributed by atoms with Crippen molar-refractivity contribution in [2.75, 3.05) is 6.61 Å². The Balaban J connectivity index is 1.34. The van der Waals surface area contributed by atoms with Gasteiger partial charge in [0.05, 0.1) is 23.5 Å². The second kappa shape index (κ2) is 11.2. The summed E-state index contributed by atoms with van der Waals surface area (Å²) in [5.74, 6) is -1.24. The zero-order valence-electron chi connectivity index (χ0n) is 28.3. The van der Waals surface area contributed by atoms with Crippen LogP contribution in [0.4, 0.5) is 0 Å². The van der Waals surface area contributed by atoms with Gasteiger partial charge in [-0.15, -0.1) is 0 Å². The molecule has 6 aliphatic rings. The van der Waals surface area contributed by atoms with E-state index in [1.54, 1.807) is 0 Å². The maximum atomic E-state index is 13.8. The average molecular weight is 649 g/mol. The number of ether oxygens (including phenoxy) is 2. The summed E-state index contributed by atoms with van der Waals surface area (Å²) in [6.45, 7) is 12.6. The number of allylic oxidation sites excluding steroid dienone is 1. The van der Waals surface area contributed by atoms with Crippen LogP contribution in [0, 0.1) is 56.7 Å². The van der Waals surface area contributed by atoms with Crippen LogP contribution in [0.25, 0.3) is 0 Å². The van der Waals surface area contributed by atoms with Crippen LogP contribution < -0.4 is 0 Å². The normalized spacial score (nSPS) is 53.1. The number of hydrogen-bond donors (Lipinski definition) is 6. The molecule has 0 aromatic rings. The molecule has 1 aliphatic heterocycles. The zero-order valence-corrected chi connectivity index (χ0v) is 28.3. The van der Waals surface area contributed by atoms with Gasteiger partial charge in [-0.1, -0.05) is 53.2 Å². The third kappa shape index (κ3) is 4.35. The van der Waals surface area contributed by atoms with Gasteiger partial charge in [0.15, 0.2) is 6.29 Å². The molecule has 5 fully saturated rings. The highest BCUT2D eigenvalue weighted by atomic mass is 16.7. The molecular formula is C36H56O10. The molecule has 1 saturated heterocycles. The number of fused-ring (bicyclic) bond motifs is 7. The molecule has 46 heavy (non-hydrogen) atoms. The second-order valence-corrected chi connectivity index (χ2v) is 17.2. The fourth-order valence-electron chi connectivity index (χ4n) is 12.6. The van der Waals surface area contributed by atoms with E-state index in [-0.39, 0.29) is 35.2 Å². The van der Waals surface area contributed by atoms with Gasteiger partial charge in [-0.05, 0) is 104 Å². The third-order valence-electron chi connectivity index (χ3n) is 15.3. The van der Waals surface area contributed by atoms with Gasteiger partial charge < -0.3 is 40.1 Å². The molecule has 10 heteroatoms. The van der Waals surface area contributed by atoms with E-state index in [9.17, 15) is 40.2 Å². The Bertz CT molecular complexity index is 1260. The van der Waals surface area contributed by atoms with Crippen molar-refractivity contribution in [3.8, 4) is 0 Å². The first-order valence-corrected chi connectivity index (χ1v) is 17.6. The fraction of sp³-hybridized carbons (Fsp3) is 0.889. The lowest BCUT2D eigenvalue weighted by atomic mass is 9.33. The van der Waals surface area contributed by atoms with E-state index in [0.717, 1.165) is 31.3 Å². The van der Waals surface area contributed by atoms with E-state index in [2.05, 4.69) is 47.6 Å². The molecule has 4 saturated carbocycles. The van der Waals surface area contributed by atoms with Crippen LogP contribution in [0.15, 0.2) is 11.6 Å². The van der Waals surface area contributed by atoms with Crippen molar-refractivity contribution in [2.45, 2.75) is 136 Å². The van der Waals surface area contributed by atoms with Crippen molar-refractivity contribution in [1.82, 2.24) is 0 Å². The second-order valence-electron chi connectivity index (χ2n) is 17.2. The molecular weight excluding hydrogens is 592 g/mol. The predicted octanol–water partition coefficient (Wildman–Crippen LogP) is 3.98. The fourth-order valence-corrected chi connectivity index (χ4v) is 12.6. The van der Waals surface area contributed by atoms with E-state index in [0.29, 0.717) is 38.0 Å². The Morgan fingerprint density at radius 1 is 0.870 bits per heavy atom. The number of aliphatic hydroxyl groups excluding tert-OH is 4. The van der Waals surface area contributed by atoms with Crippen LogP contribution in [0.1, 0.15) is 99.3 Å². The largest absolute Gasteiger partial charge is 0.481 e. The van der Waals surface area contributed by atoms with Crippen molar-refractivity contribution in [3.05, 3.63) is 11.6 Å². The highest BCUT2D eigenvalue weighted by molar-refractivity contribution is 5.84. The summed E-state index contributed by atoms with van der Waals surface area (Å²) >= 11 is 0. The summed E-state index contributed by atoms with van der Waals surface area (Å²) in [6.07, 6.45) is 0.942. The number of aliphatic carboxylic acids is 2. The Morgan fingerprint density at radius 2 is 1.57 bits per heavy atom. The van der Waals surface area contributed by atoms with Crippen molar-refractivity contribution in [3.63, 3.8) is 0 Å². The summed E-state index contributed by atoms with van der Waals surface area (Å²) in [5, 5.41) is 63.0. The molecule has 5 aliphatic carbocycles. The summed E-state index contributed by atoms with van der Waals surface area (Å²) < 4.78 is 12.1. The van der Waals surface area contributed by atoms with Crippen molar-refractivity contribution >= 4 is 11.9 Å². The maximum absolute atomic E-state index is 13.8. The molecule has 10 nitrogen and oxygen atoms in total. The van der Waals surface area contributed by atoms with E-state index in [1.807, 2.05) is 0 Å². The number of aliphatic hydroxyl groups is 4.